The molecular weight excluding hydrogens is 278 g/mol. The number of alkyl carbamates (subject to hydrolysis) is 1. The topological polar surface area (TPSA) is 63.2 Å². The van der Waals surface area contributed by atoms with Gasteiger partial charge in [-0.3, -0.25) is 0 Å². The van der Waals surface area contributed by atoms with E-state index in [1.54, 1.807) is 18.3 Å². The van der Waals surface area contributed by atoms with E-state index in [4.69, 9.17) is 16.3 Å². The van der Waals surface area contributed by atoms with Gasteiger partial charge in [0.05, 0.1) is 5.02 Å². The molecule has 0 aliphatic carbocycles. The number of halogens is 1. The van der Waals surface area contributed by atoms with Crippen molar-refractivity contribution in [3.63, 3.8) is 0 Å². The predicted molar refractivity (Wildman–Crippen MR) is 81.2 cm³/mol. The molecule has 1 heterocycles. The van der Waals surface area contributed by atoms with Crippen LogP contribution >= 0.6 is 11.6 Å². The Kier molecular flexibility index (Phi) is 6.07. The molecule has 112 valence electrons. The minimum absolute atomic E-state index is 0.0256. The molecule has 0 fully saturated rings. The molecule has 0 aliphatic rings. The van der Waals surface area contributed by atoms with Crippen molar-refractivity contribution in [1.29, 1.82) is 0 Å². The molecule has 1 atom stereocenters. The largest absolute Gasteiger partial charge is 0.444 e. The van der Waals surface area contributed by atoms with Gasteiger partial charge in [0.15, 0.2) is 0 Å². The second-order valence-electron chi connectivity index (χ2n) is 5.49. The fourth-order valence-electron chi connectivity index (χ4n) is 1.48. The zero-order valence-electron chi connectivity index (χ0n) is 12.4. The van der Waals surface area contributed by atoms with Gasteiger partial charge >= 0.3 is 6.09 Å². The summed E-state index contributed by atoms with van der Waals surface area (Å²) >= 11 is 5.77. The number of carbonyl (C=O) groups excluding carboxylic acids is 1. The Morgan fingerprint density at radius 1 is 1.45 bits per heavy atom. The summed E-state index contributed by atoms with van der Waals surface area (Å²) < 4.78 is 5.23. The summed E-state index contributed by atoms with van der Waals surface area (Å²) in [6.45, 7) is 8.08. The molecule has 0 saturated heterocycles. The van der Waals surface area contributed by atoms with Crippen molar-refractivity contribution in [1.82, 2.24) is 10.3 Å². The summed E-state index contributed by atoms with van der Waals surface area (Å²) in [6, 6.07) is 3.53. The molecule has 20 heavy (non-hydrogen) atoms. The molecule has 1 amide bonds. The van der Waals surface area contributed by atoms with Crippen LogP contribution in [0, 0.1) is 0 Å². The van der Waals surface area contributed by atoms with Gasteiger partial charge in [0.25, 0.3) is 0 Å². The highest BCUT2D eigenvalue weighted by Crippen LogP contribution is 2.10. The molecule has 0 unspecified atom stereocenters. The molecule has 6 heteroatoms. The Hall–Kier alpha value is -1.49. The van der Waals surface area contributed by atoms with Gasteiger partial charge in [-0.05, 0) is 39.3 Å². The van der Waals surface area contributed by atoms with Crippen LogP contribution in [0.3, 0.4) is 0 Å². The second kappa shape index (κ2) is 7.33. The number of nitrogens with zero attached hydrogens (tertiary/aromatic N) is 1. The lowest BCUT2D eigenvalue weighted by Gasteiger charge is -2.23. The highest BCUT2D eigenvalue weighted by Gasteiger charge is 2.18. The molecule has 0 aromatic carbocycles. The third kappa shape index (κ3) is 6.61. The molecule has 5 nitrogen and oxygen atoms in total. The van der Waals surface area contributed by atoms with Crippen molar-refractivity contribution in [2.45, 2.75) is 45.8 Å². The number of hydrogen-bond donors (Lipinski definition) is 2. The maximum atomic E-state index is 11.7. The number of amides is 1. The van der Waals surface area contributed by atoms with Crippen molar-refractivity contribution in [3.8, 4) is 0 Å². The van der Waals surface area contributed by atoms with E-state index in [-0.39, 0.29) is 6.04 Å². The first-order valence-electron chi connectivity index (χ1n) is 6.65. The van der Waals surface area contributed by atoms with Gasteiger partial charge in [-0.2, -0.15) is 0 Å². The summed E-state index contributed by atoms with van der Waals surface area (Å²) in [4.78, 5) is 15.8. The fraction of sp³-hybridized carbons (Fsp3) is 0.571. The number of nitrogens with one attached hydrogen (secondary N) is 2. The van der Waals surface area contributed by atoms with Crippen molar-refractivity contribution < 1.29 is 9.53 Å². The quantitative estimate of drug-likeness (QED) is 0.874. The average molecular weight is 300 g/mol. The summed E-state index contributed by atoms with van der Waals surface area (Å²) in [6.07, 6.45) is 1.96. The van der Waals surface area contributed by atoms with Gasteiger partial charge in [0, 0.05) is 18.8 Å². The molecule has 0 saturated carbocycles. The van der Waals surface area contributed by atoms with E-state index >= 15 is 0 Å². The first kappa shape index (κ1) is 16.6. The first-order chi connectivity index (χ1) is 9.30. The van der Waals surface area contributed by atoms with E-state index in [1.165, 1.54) is 0 Å². The lowest BCUT2D eigenvalue weighted by atomic mass is 10.2. The van der Waals surface area contributed by atoms with Gasteiger partial charge in [0.2, 0.25) is 0 Å². The third-order valence-corrected chi connectivity index (χ3v) is 2.69. The van der Waals surface area contributed by atoms with Gasteiger partial charge in [0.1, 0.15) is 11.4 Å². The van der Waals surface area contributed by atoms with E-state index in [1.807, 2.05) is 27.7 Å². The van der Waals surface area contributed by atoms with E-state index in [9.17, 15) is 4.79 Å². The number of hydrogen-bond acceptors (Lipinski definition) is 4. The molecule has 2 N–H and O–H groups in total. The molecule has 0 aliphatic heterocycles. The molecule has 0 radical (unpaired) electrons. The average Bonchev–Trinajstić information content (AvgIpc) is 2.34. The minimum atomic E-state index is -0.493. The van der Waals surface area contributed by atoms with E-state index in [0.29, 0.717) is 11.6 Å². The summed E-state index contributed by atoms with van der Waals surface area (Å²) in [5, 5.41) is 6.57. The van der Waals surface area contributed by atoms with Gasteiger partial charge < -0.3 is 15.4 Å². The second-order valence-corrected chi connectivity index (χ2v) is 5.93. The van der Waals surface area contributed by atoms with Crippen LogP contribution in [-0.2, 0) is 4.74 Å². The Bertz CT molecular complexity index is 429. The van der Waals surface area contributed by atoms with E-state index in [0.717, 1.165) is 12.2 Å². The number of ether oxygens (including phenoxy) is 1. The molecule has 0 bridgehead atoms. The maximum absolute atomic E-state index is 11.7. The Labute approximate surface area is 125 Å². The monoisotopic (exact) mass is 299 g/mol. The number of pyridine rings is 1. The highest BCUT2D eigenvalue weighted by molar-refractivity contribution is 6.30. The SMILES string of the molecule is CC[C@@H](CNc1ccc(Cl)cn1)NC(=O)OC(C)(C)C. The highest BCUT2D eigenvalue weighted by atomic mass is 35.5. The predicted octanol–water partition coefficient (Wildman–Crippen LogP) is 3.45. The van der Waals surface area contributed by atoms with Gasteiger partial charge in [-0.25, -0.2) is 9.78 Å². The zero-order chi connectivity index (χ0) is 15.2. The van der Waals surface area contributed by atoms with Crippen LogP contribution in [0.1, 0.15) is 34.1 Å². The van der Waals surface area contributed by atoms with Crippen molar-refractivity contribution in [2.24, 2.45) is 0 Å². The molecule has 1 aromatic rings. The molecule has 1 rings (SSSR count). The normalized spacial score (nSPS) is 12.7. The van der Waals surface area contributed by atoms with Crippen LogP contribution in [0.5, 0.6) is 0 Å². The fourth-order valence-corrected chi connectivity index (χ4v) is 1.59. The van der Waals surface area contributed by atoms with Gasteiger partial charge in [-0.1, -0.05) is 18.5 Å². The van der Waals surface area contributed by atoms with Crippen LogP contribution in [-0.4, -0.2) is 29.3 Å². The number of anilines is 1. The van der Waals surface area contributed by atoms with Crippen LogP contribution in [0.2, 0.25) is 5.02 Å². The van der Waals surface area contributed by atoms with Crippen molar-refractivity contribution in [2.75, 3.05) is 11.9 Å². The van der Waals surface area contributed by atoms with Crippen LogP contribution in [0.4, 0.5) is 10.6 Å². The standard InChI is InChI=1S/C14H22ClN3O2/c1-5-11(18-13(19)20-14(2,3)4)9-17-12-7-6-10(15)8-16-12/h6-8,11H,5,9H2,1-4H3,(H,16,17)(H,18,19)/t11-/m0/s1. The van der Waals surface area contributed by atoms with Crippen LogP contribution in [0.15, 0.2) is 18.3 Å². The lowest BCUT2D eigenvalue weighted by molar-refractivity contribution is 0.0506. The number of rotatable bonds is 5. The van der Waals surface area contributed by atoms with Crippen molar-refractivity contribution in [3.05, 3.63) is 23.4 Å². The summed E-state index contributed by atoms with van der Waals surface area (Å²) in [7, 11) is 0. The van der Waals surface area contributed by atoms with Crippen LogP contribution in [0.25, 0.3) is 0 Å². The number of carbonyl (C=O) groups is 1. The van der Waals surface area contributed by atoms with Crippen molar-refractivity contribution >= 4 is 23.5 Å². The Balaban J connectivity index is 2.43. The molecular formula is C14H22ClN3O2. The zero-order valence-corrected chi connectivity index (χ0v) is 13.1. The number of aromatic nitrogens is 1. The van der Waals surface area contributed by atoms with Gasteiger partial charge in [-0.15, -0.1) is 0 Å². The summed E-state index contributed by atoms with van der Waals surface area (Å²) in [5.41, 5.74) is -0.493. The first-order valence-corrected chi connectivity index (χ1v) is 7.03. The lowest BCUT2D eigenvalue weighted by Crippen LogP contribution is -2.42. The molecule has 1 aromatic heterocycles. The minimum Gasteiger partial charge on any atom is -0.444 e. The Morgan fingerprint density at radius 2 is 2.15 bits per heavy atom. The van der Waals surface area contributed by atoms with E-state index in [2.05, 4.69) is 15.6 Å². The van der Waals surface area contributed by atoms with Crippen LogP contribution < -0.4 is 10.6 Å². The van der Waals surface area contributed by atoms with E-state index < -0.39 is 11.7 Å². The maximum Gasteiger partial charge on any atom is 0.407 e. The Morgan fingerprint density at radius 3 is 2.65 bits per heavy atom. The third-order valence-electron chi connectivity index (χ3n) is 2.47. The summed E-state index contributed by atoms with van der Waals surface area (Å²) in [5.74, 6) is 0.721. The smallest absolute Gasteiger partial charge is 0.407 e. The molecule has 0 spiro atoms.